The largest absolute Gasteiger partial charge is 0.471 e. The molecule has 0 spiro atoms. The molecular formula is C16H16F3N5O3. The third-order valence-electron chi connectivity index (χ3n) is 4.35. The number of aromatic nitrogens is 2. The number of benzene rings is 1. The molecule has 3 rings (SSSR count). The summed E-state index contributed by atoms with van der Waals surface area (Å²) in [6.07, 6.45) is -4.51. The minimum atomic E-state index is -4.90. The summed E-state index contributed by atoms with van der Waals surface area (Å²) in [6, 6.07) is 4.32. The molecule has 1 aromatic carbocycles. The van der Waals surface area contributed by atoms with Crippen molar-refractivity contribution < 1.29 is 27.6 Å². The topological polar surface area (TPSA) is 121 Å². The molecule has 144 valence electrons. The summed E-state index contributed by atoms with van der Waals surface area (Å²) in [7, 11) is 0. The van der Waals surface area contributed by atoms with Gasteiger partial charge in [-0.2, -0.15) is 13.2 Å². The minimum Gasteiger partial charge on any atom is -0.366 e. The predicted molar refractivity (Wildman–Crippen MR) is 87.7 cm³/mol. The van der Waals surface area contributed by atoms with Gasteiger partial charge in [0.15, 0.2) is 5.82 Å². The number of halogens is 3. The average Bonchev–Trinajstić information content (AvgIpc) is 3.05. The van der Waals surface area contributed by atoms with Crippen molar-refractivity contribution in [1.82, 2.24) is 20.2 Å². The molecule has 4 N–H and O–H groups in total. The number of primary amides is 1. The number of imidazole rings is 1. The van der Waals surface area contributed by atoms with Crippen molar-refractivity contribution in [1.29, 1.82) is 0 Å². The zero-order valence-electron chi connectivity index (χ0n) is 14.0. The van der Waals surface area contributed by atoms with Crippen molar-refractivity contribution in [3.05, 3.63) is 29.6 Å². The average molecular weight is 383 g/mol. The molecule has 1 aliphatic heterocycles. The number of carbonyl (C=O) groups is 3. The first-order chi connectivity index (χ1) is 12.7. The molecule has 0 radical (unpaired) electrons. The number of amides is 3. The highest BCUT2D eigenvalue weighted by Gasteiger charge is 2.43. The Labute approximate surface area is 150 Å². The van der Waals surface area contributed by atoms with E-state index >= 15 is 0 Å². The molecule has 1 saturated heterocycles. The fourth-order valence-corrected chi connectivity index (χ4v) is 3.00. The van der Waals surface area contributed by atoms with Crippen LogP contribution in [0, 0.1) is 0 Å². The Kier molecular flexibility index (Phi) is 4.77. The molecule has 0 atom stereocenters. The van der Waals surface area contributed by atoms with Crippen LogP contribution < -0.4 is 11.1 Å². The smallest absolute Gasteiger partial charge is 0.366 e. The molecule has 0 unspecified atom stereocenters. The number of para-hydroxylation sites is 1. The molecule has 0 saturated carbocycles. The number of rotatable bonds is 3. The number of piperidine rings is 1. The number of nitrogens with one attached hydrogen (secondary N) is 2. The standard InChI is InChI=1S/C16H16F3N5O3/c17-16(18,19)15(27)24-6-4-8(5-7-24)21-14(26)13-22-10-3-1-2-9(12(20)25)11(10)23-13/h1-3,8H,4-7H2,(H2,20,25)(H,21,26)(H,22,23). The van der Waals surface area contributed by atoms with Gasteiger partial charge in [-0.3, -0.25) is 14.4 Å². The number of hydrogen-bond donors (Lipinski definition) is 3. The number of likely N-dealkylation sites (tertiary alicyclic amines) is 1. The molecule has 1 aliphatic rings. The van der Waals surface area contributed by atoms with Crippen molar-refractivity contribution in [2.24, 2.45) is 5.73 Å². The number of nitrogens with two attached hydrogens (primary N) is 1. The van der Waals surface area contributed by atoms with Gasteiger partial charge in [-0.15, -0.1) is 0 Å². The van der Waals surface area contributed by atoms with Crippen molar-refractivity contribution in [2.75, 3.05) is 13.1 Å². The molecule has 11 heteroatoms. The summed E-state index contributed by atoms with van der Waals surface area (Å²) in [5.41, 5.74) is 6.17. The fourth-order valence-electron chi connectivity index (χ4n) is 3.00. The Morgan fingerprint density at radius 1 is 1.22 bits per heavy atom. The number of H-pyrrole nitrogens is 1. The maximum atomic E-state index is 12.4. The van der Waals surface area contributed by atoms with E-state index in [0.29, 0.717) is 5.52 Å². The van der Waals surface area contributed by atoms with E-state index in [-0.39, 0.29) is 42.8 Å². The lowest BCUT2D eigenvalue weighted by molar-refractivity contribution is -0.186. The third-order valence-corrected chi connectivity index (χ3v) is 4.35. The Balaban J connectivity index is 1.65. The van der Waals surface area contributed by atoms with Gasteiger partial charge < -0.3 is 20.9 Å². The first kappa shape index (κ1) is 18.7. The highest BCUT2D eigenvalue weighted by molar-refractivity contribution is 6.05. The van der Waals surface area contributed by atoms with E-state index in [1.807, 2.05) is 0 Å². The second-order valence-corrected chi connectivity index (χ2v) is 6.19. The summed E-state index contributed by atoms with van der Waals surface area (Å²) < 4.78 is 37.3. The van der Waals surface area contributed by atoms with Gasteiger partial charge in [0, 0.05) is 19.1 Å². The van der Waals surface area contributed by atoms with Gasteiger partial charge in [-0.1, -0.05) is 6.07 Å². The van der Waals surface area contributed by atoms with Crippen LogP contribution in [-0.4, -0.2) is 57.9 Å². The van der Waals surface area contributed by atoms with Crippen LogP contribution in [0.15, 0.2) is 18.2 Å². The van der Waals surface area contributed by atoms with Crippen LogP contribution in [-0.2, 0) is 4.79 Å². The molecule has 2 aromatic rings. The Bertz CT molecular complexity index is 900. The maximum absolute atomic E-state index is 12.4. The van der Waals surface area contributed by atoms with E-state index in [1.165, 1.54) is 6.07 Å². The molecule has 3 amide bonds. The fraction of sp³-hybridized carbons (Fsp3) is 0.375. The summed E-state index contributed by atoms with van der Waals surface area (Å²) in [4.78, 5) is 42.6. The van der Waals surface area contributed by atoms with E-state index < -0.39 is 29.9 Å². The van der Waals surface area contributed by atoms with Gasteiger partial charge in [-0.05, 0) is 25.0 Å². The lowest BCUT2D eigenvalue weighted by Gasteiger charge is -2.32. The van der Waals surface area contributed by atoms with Crippen LogP contribution in [0.5, 0.6) is 0 Å². The van der Waals surface area contributed by atoms with Gasteiger partial charge in [0.1, 0.15) is 5.52 Å². The van der Waals surface area contributed by atoms with E-state index in [9.17, 15) is 27.6 Å². The molecule has 1 fully saturated rings. The lowest BCUT2D eigenvalue weighted by atomic mass is 10.0. The molecule has 0 bridgehead atoms. The van der Waals surface area contributed by atoms with Crippen molar-refractivity contribution >= 4 is 28.8 Å². The van der Waals surface area contributed by atoms with Gasteiger partial charge in [0.2, 0.25) is 0 Å². The number of alkyl halides is 3. The first-order valence-electron chi connectivity index (χ1n) is 8.12. The number of carbonyl (C=O) groups excluding carboxylic acids is 3. The molecule has 8 nitrogen and oxygen atoms in total. The summed E-state index contributed by atoms with van der Waals surface area (Å²) in [5, 5.41) is 2.67. The molecule has 1 aromatic heterocycles. The number of hydrogen-bond acceptors (Lipinski definition) is 4. The van der Waals surface area contributed by atoms with E-state index in [2.05, 4.69) is 15.3 Å². The summed E-state index contributed by atoms with van der Waals surface area (Å²) >= 11 is 0. The van der Waals surface area contributed by atoms with E-state index in [4.69, 9.17) is 5.73 Å². The predicted octanol–water partition coefficient (Wildman–Crippen LogP) is 0.945. The summed E-state index contributed by atoms with van der Waals surface area (Å²) in [5.74, 6) is -3.14. The van der Waals surface area contributed by atoms with Crippen LogP contribution in [0.1, 0.15) is 33.8 Å². The quantitative estimate of drug-likeness (QED) is 0.730. The SMILES string of the molecule is NC(=O)c1cccc2[nH]c(C(=O)NC3CCN(C(=O)C(F)(F)F)CC3)nc12. The van der Waals surface area contributed by atoms with Gasteiger partial charge in [0.25, 0.3) is 11.8 Å². The monoisotopic (exact) mass is 383 g/mol. The van der Waals surface area contributed by atoms with Crippen LogP contribution >= 0.6 is 0 Å². The van der Waals surface area contributed by atoms with Gasteiger partial charge >= 0.3 is 12.1 Å². The normalized spacial score (nSPS) is 15.7. The Morgan fingerprint density at radius 2 is 1.89 bits per heavy atom. The zero-order valence-corrected chi connectivity index (χ0v) is 14.0. The van der Waals surface area contributed by atoms with Gasteiger partial charge in [0.05, 0.1) is 11.1 Å². The van der Waals surface area contributed by atoms with E-state index in [0.717, 1.165) is 4.90 Å². The van der Waals surface area contributed by atoms with Crippen molar-refractivity contribution in [3.8, 4) is 0 Å². The van der Waals surface area contributed by atoms with Crippen LogP contribution in [0.2, 0.25) is 0 Å². The van der Waals surface area contributed by atoms with Crippen LogP contribution in [0.4, 0.5) is 13.2 Å². The van der Waals surface area contributed by atoms with Gasteiger partial charge in [-0.25, -0.2) is 4.98 Å². The second-order valence-electron chi connectivity index (χ2n) is 6.19. The minimum absolute atomic E-state index is 0.0347. The molecule has 0 aliphatic carbocycles. The van der Waals surface area contributed by atoms with Crippen molar-refractivity contribution in [3.63, 3.8) is 0 Å². The molecular weight excluding hydrogens is 367 g/mol. The van der Waals surface area contributed by atoms with E-state index in [1.54, 1.807) is 12.1 Å². The number of fused-ring (bicyclic) bond motifs is 1. The molecule has 27 heavy (non-hydrogen) atoms. The first-order valence-corrected chi connectivity index (χ1v) is 8.12. The molecule has 2 heterocycles. The summed E-state index contributed by atoms with van der Waals surface area (Å²) in [6.45, 7) is -0.204. The number of aromatic amines is 1. The third kappa shape index (κ3) is 3.86. The second kappa shape index (κ2) is 6.89. The Hall–Kier alpha value is -3.11. The Morgan fingerprint density at radius 3 is 2.48 bits per heavy atom. The van der Waals surface area contributed by atoms with Crippen LogP contribution in [0.3, 0.4) is 0 Å². The van der Waals surface area contributed by atoms with Crippen molar-refractivity contribution in [2.45, 2.75) is 25.1 Å². The van der Waals surface area contributed by atoms with Crippen LogP contribution in [0.25, 0.3) is 11.0 Å². The lowest BCUT2D eigenvalue weighted by Crippen LogP contribution is -2.50. The number of nitrogens with zero attached hydrogens (tertiary/aromatic N) is 2. The highest BCUT2D eigenvalue weighted by Crippen LogP contribution is 2.22. The highest BCUT2D eigenvalue weighted by atomic mass is 19.4. The zero-order chi connectivity index (χ0) is 19.8. The maximum Gasteiger partial charge on any atom is 0.471 e.